The van der Waals surface area contributed by atoms with Crippen molar-refractivity contribution in [2.75, 3.05) is 0 Å². The largest absolute Gasteiger partial charge is 0.373 e. The molecule has 2 atom stereocenters. The van der Waals surface area contributed by atoms with Crippen LogP contribution in [-0.2, 0) is 0 Å². The Hall–Kier alpha value is -8.73. The minimum atomic E-state index is -0.290. The first-order valence-corrected chi connectivity index (χ1v) is 23.0. The summed E-state index contributed by atoms with van der Waals surface area (Å²) in [4.78, 5) is 5.47. The van der Waals surface area contributed by atoms with Gasteiger partial charge >= 0.3 is 0 Å². The Morgan fingerprint density at radius 1 is 0.373 bits per heavy atom. The van der Waals surface area contributed by atoms with E-state index in [-0.39, 0.29) is 12.2 Å². The van der Waals surface area contributed by atoms with Crippen molar-refractivity contribution in [3.8, 4) is 5.69 Å². The molecule has 0 bridgehead atoms. The molecule has 0 fully saturated rings. The van der Waals surface area contributed by atoms with E-state index in [0.717, 1.165) is 61.7 Å². The van der Waals surface area contributed by atoms with Gasteiger partial charge in [-0.3, -0.25) is 4.99 Å². The molecule has 1 aromatic heterocycles. The van der Waals surface area contributed by atoms with Crippen LogP contribution in [0, 0.1) is 0 Å². The zero-order valence-electron chi connectivity index (χ0n) is 36.8. The van der Waals surface area contributed by atoms with E-state index in [0.29, 0.717) is 0 Å². The average Bonchev–Trinajstić information content (AvgIpc) is 3.76. The molecule has 10 aromatic rings. The number of hydrogen-bond acceptors (Lipinski definition) is 3. The van der Waals surface area contributed by atoms with Crippen LogP contribution >= 0.6 is 0 Å². The third kappa shape index (κ3) is 7.45. The summed E-state index contributed by atoms with van der Waals surface area (Å²) in [7, 11) is 0. The van der Waals surface area contributed by atoms with Crippen LogP contribution in [0.3, 0.4) is 0 Å². The summed E-state index contributed by atoms with van der Waals surface area (Å²) < 4.78 is 2.37. The van der Waals surface area contributed by atoms with Gasteiger partial charge in [0.25, 0.3) is 0 Å². The molecule has 0 spiro atoms. The lowest BCUT2D eigenvalue weighted by atomic mass is 9.76. The Balaban J connectivity index is 1.04. The van der Waals surface area contributed by atoms with Crippen molar-refractivity contribution in [3.63, 3.8) is 0 Å². The zero-order valence-corrected chi connectivity index (χ0v) is 36.8. The van der Waals surface area contributed by atoms with Gasteiger partial charge in [0.15, 0.2) is 0 Å². The van der Waals surface area contributed by atoms with Crippen LogP contribution in [0.4, 0.5) is 0 Å². The number of allylic oxidation sites excluding steroid dienone is 3. The van der Waals surface area contributed by atoms with Crippen LogP contribution < -0.4 is 10.6 Å². The minimum Gasteiger partial charge on any atom is -0.373 e. The van der Waals surface area contributed by atoms with Crippen LogP contribution in [0.1, 0.15) is 56.7 Å². The third-order valence-electron chi connectivity index (χ3n) is 13.1. The summed E-state index contributed by atoms with van der Waals surface area (Å²) in [6, 6.07) is 89.0. The lowest BCUT2D eigenvalue weighted by Crippen LogP contribution is -2.27. The molecule has 0 saturated carbocycles. The predicted octanol–water partition coefficient (Wildman–Crippen LogP) is 14.7. The number of rotatable bonds is 9. The Labute approximate surface area is 391 Å². The van der Waals surface area contributed by atoms with Gasteiger partial charge in [-0.05, 0) is 86.5 Å². The molecule has 0 radical (unpaired) electrons. The molecule has 4 heteroatoms. The smallest absolute Gasteiger partial charge is 0.145 e. The van der Waals surface area contributed by atoms with E-state index >= 15 is 0 Å². The first-order chi connectivity index (χ1) is 33.2. The monoisotopic (exact) mass is 858 g/mol. The van der Waals surface area contributed by atoms with Gasteiger partial charge in [0.1, 0.15) is 6.17 Å². The molecule has 3 heterocycles. The summed E-state index contributed by atoms with van der Waals surface area (Å²) in [5.41, 5.74) is 19.1. The quantitative estimate of drug-likeness (QED) is 0.152. The van der Waals surface area contributed by atoms with Crippen LogP contribution in [-0.4, -0.2) is 10.3 Å². The van der Waals surface area contributed by atoms with Gasteiger partial charge in [0.05, 0.1) is 28.5 Å². The van der Waals surface area contributed by atoms with Gasteiger partial charge in [-0.1, -0.05) is 218 Å². The standard InChI is InChI=1S/C63H46N4/c1-6-21-44(22-7-1)59-58(60(45-23-8-2-9-24-45)62(47-27-12-4-13-28-47)66-61(59)46-25-10-3-11-26-46)50-32-20-31-49(41-50)55-42-54(64-63(65-55)48-29-14-5-15-30-48)43-37-39-51(40-38-43)67-56-35-18-16-33-52(56)53-34-17-19-36-57(53)67/h1-42,61,63-64,66H. The second kappa shape index (κ2) is 17.3. The fourth-order valence-electron chi connectivity index (χ4n) is 10.0. The number of nitrogens with zero attached hydrogens (tertiary/aromatic N) is 2. The molecule has 9 aromatic carbocycles. The summed E-state index contributed by atoms with van der Waals surface area (Å²) >= 11 is 0. The summed E-state index contributed by atoms with van der Waals surface area (Å²) in [5.74, 6) is 0. The third-order valence-corrected chi connectivity index (χ3v) is 13.1. The van der Waals surface area contributed by atoms with Crippen molar-refractivity contribution in [2.24, 2.45) is 4.99 Å². The molecule has 4 nitrogen and oxygen atoms in total. The van der Waals surface area contributed by atoms with E-state index in [1.807, 2.05) is 0 Å². The maximum Gasteiger partial charge on any atom is 0.145 e. The molecule has 0 saturated heterocycles. The molecule has 318 valence electrons. The Bertz CT molecular complexity index is 3480. The second-order valence-electron chi connectivity index (χ2n) is 17.2. The highest BCUT2D eigenvalue weighted by molar-refractivity contribution is 6.24. The van der Waals surface area contributed by atoms with E-state index in [2.05, 4.69) is 270 Å². The highest BCUT2D eigenvalue weighted by Gasteiger charge is 2.33. The lowest BCUT2D eigenvalue weighted by Gasteiger charge is -2.36. The van der Waals surface area contributed by atoms with Crippen molar-refractivity contribution in [2.45, 2.75) is 12.2 Å². The van der Waals surface area contributed by atoms with Crippen LogP contribution in [0.25, 0.3) is 55.6 Å². The SMILES string of the molecule is C1=C(c2ccc(-n3c4ccccc4c4ccccc43)cc2)NC(c2ccccc2)N=C1c1cccc(C2=C(c3ccccc3)C(c3ccccc3)NC(c3ccccc3)=C2c2ccccc2)c1. The molecule has 2 aliphatic heterocycles. The van der Waals surface area contributed by atoms with Gasteiger partial charge in [-0.25, -0.2) is 0 Å². The highest BCUT2D eigenvalue weighted by Crippen LogP contribution is 2.50. The average molecular weight is 859 g/mol. The van der Waals surface area contributed by atoms with Crippen molar-refractivity contribution in [1.82, 2.24) is 15.2 Å². The molecular formula is C63H46N4. The molecular weight excluding hydrogens is 813 g/mol. The Morgan fingerprint density at radius 3 is 1.51 bits per heavy atom. The topological polar surface area (TPSA) is 41.4 Å². The maximum absolute atomic E-state index is 5.47. The molecule has 12 rings (SSSR count). The number of nitrogens with one attached hydrogen (secondary N) is 2. The fraction of sp³-hybridized carbons (Fsp3) is 0.0317. The van der Waals surface area contributed by atoms with Gasteiger partial charge in [-0.15, -0.1) is 0 Å². The number of benzene rings is 9. The number of para-hydroxylation sites is 2. The maximum atomic E-state index is 5.47. The molecule has 2 N–H and O–H groups in total. The second-order valence-corrected chi connectivity index (χ2v) is 17.2. The molecule has 0 aliphatic carbocycles. The van der Waals surface area contributed by atoms with Crippen molar-refractivity contribution < 1.29 is 0 Å². The summed E-state index contributed by atoms with van der Waals surface area (Å²) in [5, 5.41) is 10.4. The number of fused-ring (bicyclic) bond motifs is 3. The minimum absolute atomic E-state index is 0.138. The Morgan fingerprint density at radius 2 is 0.881 bits per heavy atom. The number of dihydropyridines is 1. The normalized spacial score (nSPS) is 16.1. The first kappa shape index (κ1) is 39.8. The van der Waals surface area contributed by atoms with Crippen LogP contribution in [0.15, 0.2) is 260 Å². The number of aromatic nitrogens is 1. The molecule has 67 heavy (non-hydrogen) atoms. The van der Waals surface area contributed by atoms with E-state index in [9.17, 15) is 0 Å². The highest BCUT2D eigenvalue weighted by atomic mass is 15.1. The lowest BCUT2D eigenvalue weighted by molar-refractivity contribution is 0.664. The van der Waals surface area contributed by atoms with E-state index < -0.39 is 0 Å². The van der Waals surface area contributed by atoms with E-state index in [1.54, 1.807) is 0 Å². The fourth-order valence-corrected chi connectivity index (χ4v) is 10.0. The van der Waals surface area contributed by atoms with Crippen molar-refractivity contribution in [3.05, 3.63) is 299 Å². The first-order valence-electron chi connectivity index (χ1n) is 23.0. The van der Waals surface area contributed by atoms with Gasteiger partial charge in [0, 0.05) is 33.3 Å². The molecule has 0 amide bonds. The van der Waals surface area contributed by atoms with Crippen molar-refractivity contribution in [1.29, 1.82) is 0 Å². The van der Waals surface area contributed by atoms with E-state index in [1.165, 1.54) is 44.1 Å². The molecule has 2 aliphatic rings. The summed E-state index contributed by atoms with van der Waals surface area (Å²) in [6.07, 6.45) is 1.93. The number of hydrogen-bond donors (Lipinski definition) is 2. The zero-order chi connectivity index (χ0) is 44.5. The van der Waals surface area contributed by atoms with Gasteiger partial charge in [-0.2, -0.15) is 0 Å². The van der Waals surface area contributed by atoms with Crippen LogP contribution in [0.5, 0.6) is 0 Å². The predicted molar refractivity (Wildman–Crippen MR) is 279 cm³/mol. The van der Waals surface area contributed by atoms with Gasteiger partial charge in [0.2, 0.25) is 0 Å². The molecule has 2 unspecified atom stereocenters. The van der Waals surface area contributed by atoms with E-state index in [4.69, 9.17) is 4.99 Å². The number of aliphatic imine (C=N–C) groups is 1. The Kier molecular flexibility index (Phi) is 10.3. The van der Waals surface area contributed by atoms with Gasteiger partial charge < -0.3 is 15.2 Å². The van der Waals surface area contributed by atoms with Crippen molar-refractivity contribution >= 4 is 55.6 Å². The van der Waals surface area contributed by atoms with Crippen LogP contribution in [0.2, 0.25) is 0 Å². The summed E-state index contributed by atoms with van der Waals surface area (Å²) in [6.45, 7) is 0.